The first kappa shape index (κ1) is 31.1. The van der Waals surface area contributed by atoms with Crippen LogP contribution in [-0.2, 0) is 0 Å². The van der Waals surface area contributed by atoms with Crippen molar-refractivity contribution in [1.29, 1.82) is 0 Å². The summed E-state index contributed by atoms with van der Waals surface area (Å²) < 4.78 is 2.06. The van der Waals surface area contributed by atoms with Crippen molar-refractivity contribution >= 4 is 49.1 Å². The number of pyridine rings is 2. The number of benzene rings is 7. The average Bonchev–Trinajstić information content (AvgIpc) is 3.65. The van der Waals surface area contributed by atoms with Gasteiger partial charge in [-0.1, -0.05) is 164 Å². The molecule has 0 atom stereocenters. The van der Waals surface area contributed by atoms with Gasteiger partial charge in [0.1, 0.15) is 11.2 Å². The summed E-state index contributed by atoms with van der Waals surface area (Å²) in [5.74, 6) is 0.708. The van der Waals surface area contributed by atoms with Crippen LogP contribution in [0.5, 0.6) is 0 Å². The van der Waals surface area contributed by atoms with Crippen LogP contribution in [0.25, 0.3) is 105 Å². The Bertz CT molecular complexity index is 3150. The van der Waals surface area contributed by atoms with Gasteiger partial charge in [0.25, 0.3) is 0 Å². The molecule has 5 heteroatoms. The lowest BCUT2D eigenvalue weighted by Gasteiger charge is -2.13. The smallest absolute Gasteiger partial charge is 0.165 e. The van der Waals surface area contributed by atoms with Crippen molar-refractivity contribution in [1.82, 2.24) is 24.3 Å². The van der Waals surface area contributed by atoms with Crippen molar-refractivity contribution in [3.05, 3.63) is 188 Å². The van der Waals surface area contributed by atoms with Crippen LogP contribution in [-0.4, -0.2) is 24.3 Å². The molecule has 0 saturated heterocycles. The molecule has 0 spiro atoms. The van der Waals surface area contributed by atoms with Gasteiger partial charge >= 0.3 is 0 Å². The number of fused-ring (bicyclic) bond motifs is 7. The van der Waals surface area contributed by atoms with Gasteiger partial charge in [-0.25, -0.2) is 19.9 Å². The van der Waals surface area contributed by atoms with E-state index < -0.39 is 0 Å². The van der Waals surface area contributed by atoms with Crippen molar-refractivity contribution in [2.45, 2.75) is 0 Å². The monoisotopic (exact) mass is 701 g/mol. The van der Waals surface area contributed by atoms with E-state index in [1.807, 2.05) is 24.4 Å². The lowest BCUT2D eigenvalue weighted by Crippen LogP contribution is -1.97. The molecule has 0 saturated carbocycles. The van der Waals surface area contributed by atoms with Crippen molar-refractivity contribution in [2.75, 3.05) is 0 Å². The maximum absolute atomic E-state index is 5.22. The third kappa shape index (κ3) is 5.24. The Balaban J connectivity index is 0.988. The minimum absolute atomic E-state index is 0.708. The first-order chi connectivity index (χ1) is 27.2. The van der Waals surface area contributed by atoms with Gasteiger partial charge in [0.15, 0.2) is 11.5 Å². The third-order valence-corrected chi connectivity index (χ3v) is 10.7. The predicted molar refractivity (Wildman–Crippen MR) is 226 cm³/mol. The summed E-state index contributed by atoms with van der Waals surface area (Å²) in [5.41, 5.74) is 11.8. The van der Waals surface area contributed by atoms with Crippen LogP contribution < -0.4 is 0 Å². The summed E-state index contributed by atoms with van der Waals surface area (Å²) in [6.07, 6.45) is 2.03. The van der Waals surface area contributed by atoms with E-state index in [1.165, 1.54) is 10.8 Å². The molecule has 55 heavy (non-hydrogen) atoms. The summed E-state index contributed by atoms with van der Waals surface area (Å²) in [4.78, 5) is 20.5. The van der Waals surface area contributed by atoms with Crippen molar-refractivity contribution in [2.24, 2.45) is 0 Å². The molecule has 0 fully saturated rings. The van der Waals surface area contributed by atoms with Crippen molar-refractivity contribution in [3.63, 3.8) is 0 Å². The van der Waals surface area contributed by atoms with Gasteiger partial charge in [-0.05, 0) is 50.9 Å². The van der Waals surface area contributed by atoms with E-state index in [4.69, 9.17) is 19.9 Å². The molecule has 0 unspecified atom stereocenters. The topological polar surface area (TPSA) is 56.0 Å². The molecule has 0 N–H and O–H groups in total. The lowest BCUT2D eigenvalue weighted by atomic mass is 9.97. The quantitative estimate of drug-likeness (QED) is 0.179. The van der Waals surface area contributed by atoms with Crippen LogP contribution in [0.15, 0.2) is 188 Å². The molecule has 0 bridgehead atoms. The van der Waals surface area contributed by atoms with E-state index in [-0.39, 0.29) is 0 Å². The van der Waals surface area contributed by atoms with Gasteiger partial charge in [0, 0.05) is 39.2 Å². The fraction of sp³-hybridized carbons (Fsp3) is 0. The minimum Gasteiger partial charge on any atom is -0.284 e. The molecule has 4 heterocycles. The fourth-order valence-corrected chi connectivity index (χ4v) is 7.93. The zero-order valence-corrected chi connectivity index (χ0v) is 29.6. The van der Waals surface area contributed by atoms with Gasteiger partial charge < -0.3 is 0 Å². The highest BCUT2D eigenvalue weighted by atomic mass is 15.1. The number of rotatable bonds is 5. The fourth-order valence-electron chi connectivity index (χ4n) is 7.93. The summed E-state index contributed by atoms with van der Waals surface area (Å²) in [7, 11) is 0. The maximum atomic E-state index is 5.22. The summed E-state index contributed by atoms with van der Waals surface area (Å²) >= 11 is 0. The Morgan fingerprint density at radius 3 is 1.64 bits per heavy atom. The van der Waals surface area contributed by atoms with Gasteiger partial charge in [-0.15, -0.1) is 0 Å². The van der Waals surface area contributed by atoms with Crippen molar-refractivity contribution in [3.8, 4) is 56.3 Å². The maximum Gasteiger partial charge on any atom is 0.165 e. The van der Waals surface area contributed by atoms with Gasteiger partial charge in [-0.3, -0.25) is 4.40 Å². The highest BCUT2D eigenvalue weighted by molar-refractivity contribution is 6.09. The molecule has 11 rings (SSSR count). The molecule has 0 aliphatic carbocycles. The van der Waals surface area contributed by atoms with E-state index in [2.05, 4.69) is 168 Å². The molecular formula is C50H31N5. The first-order valence-electron chi connectivity index (χ1n) is 18.5. The molecule has 256 valence electrons. The third-order valence-electron chi connectivity index (χ3n) is 10.7. The number of imidazole rings is 1. The Morgan fingerprint density at radius 1 is 0.364 bits per heavy atom. The van der Waals surface area contributed by atoms with Crippen LogP contribution in [0.1, 0.15) is 0 Å². The molecule has 5 nitrogen and oxygen atoms in total. The van der Waals surface area contributed by atoms with Crippen LogP contribution in [0, 0.1) is 0 Å². The summed E-state index contributed by atoms with van der Waals surface area (Å²) in [6.45, 7) is 0. The number of aromatic nitrogens is 5. The van der Waals surface area contributed by atoms with Gasteiger partial charge in [0.2, 0.25) is 0 Å². The van der Waals surface area contributed by atoms with Crippen molar-refractivity contribution < 1.29 is 0 Å². The standard InChI is InChI=1S/C50H31N5/c1-3-15-38-34(11-1)13-9-19-40(38)45-31-44(51-49(52-45)43-20-10-14-35-12-2-4-16-39(35)43)36-26-22-32(23-27-36)33-24-28-37(29-25-33)47-41-17-5-6-18-42(41)48-50(54-47)55-30-8-7-21-46(55)53-48/h1-31H. The largest absolute Gasteiger partial charge is 0.284 e. The molecule has 0 aliphatic heterocycles. The predicted octanol–water partition coefficient (Wildman–Crippen LogP) is 12.5. The SMILES string of the molecule is c1ccc2c(-c3cc(-c4ccc(-c5ccc(-c6nc7c(nc8ccccn87)c7ccccc67)cc5)cc4)nc(-c4cccc5ccccc45)n3)cccc2c1. The highest BCUT2D eigenvalue weighted by Gasteiger charge is 2.17. The molecule has 0 amide bonds. The molecule has 7 aromatic carbocycles. The van der Waals surface area contributed by atoms with Gasteiger partial charge in [0.05, 0.1) is 17.1 Å². The number of nitrogens with zero attached hydrogens (tertiary/aromatic N) is 5. The van der Waals surface area contributed by atoms with Crippen LogP contribution >= 0.6 is 0 Å². The van der Waals surface area contributed by atoms with Gasteiger partial charge in [-0.2, -0.15) is 0 Å². The summed E-state index contributed by atoms with van der Waals surface area (Å²) in [6, 6.07) is 63.6. The second-order valence-electron chi connectivity index (χ2n) is 13.9. The molecule has 0 aliphatic rings. The Hall–Kier alpha value is -7.50. The number of hydrogen-bond donors (Lipinski definition) is 0. The molecule has 4 aromatic heterocycles. The Labute approximate surface area is 316 Å². The second-order valence-corrected chi connectivity index (χ2v) is 13.9. The van der Waals surface area contributed by atoms with E-state index in [0.29, 0.717) is 5.82 Å². The molecule has 0 radical (unpaired) electrons. The molecule has 11 aromatic rings. The Kier molecular flexibility index (Phi) is 7.10. The van der Waals surface area contributed by atoms with E-state index in [0.717, 1.165) is 88.8 Å². The van der Waals surface area contributed by atoms with E-state index in [1.54, 1.807) is 0 Å². The Morgan fingerprint density at radius 2 is 0.909 bits per heavy atom. The molecular weight excluding hydrogens is 671 g/mol. The van der Waals surface area contributed by atoms with Crippen LogP contribution in [0.3, 0.4) is 0 Å². The van der Waals surface area contributed by atoms with Crippen LogP contribution in [0.2, 0.25) is 0 Å². The van der Waals surface area contributed by atoms with E-state index in [9.17, 15) is 0 Å². The number of hydrogen-bond acceptors (Lipinski definition) is 4. The minimum atomic E-state index is 0.708. The summed E-state index contributed by atoms with van der Waals surface area (Å²) in [5, 5.41) is 6.83. The van der Waals surface area contributed by atoms with Crippen LogP contribution in [0.4, 0.5) is 0 Å². The zero-order valence-electron chi connectivity index (χ0n) is 29.6. The average molecular weight is 702 g/mol. The zero-order chi connectivity index (χ0) is 36.3. The van der Waals surface area contributed by atoms with E-state index >= 15 is 0 Å². The lowest BCUT2D eigenvalue weighted by molar-refractivity contribution is 1.19. The first-order valence-corrected chi connectivity index (χ1v) is 18.5. The normalized spacial score (nSPS) is 11.6. The second kappa shape index (κ2) is 12.6. The highest BCUT2D eigenvalue weighted by Crippen LogP contribution is 2.36.